The van der Waals surface area contributed by atoms with Gasteiger partial charge in [0.25, 0.3) is 0 Å². The maximum absolute atomic E-state index is 11.4. The molecule has 1 aliphatic heterocycles. The van der Waals surface area contributed by atoms with Gasteiger partial charge in [0.15, 0.2) is 0 Å². The minimum Gasteiger partial charge on any atom is -0.355 e. The molecule has 15 heavy (non-hydrogen) atoms. The van der Waals surface area contributed by atoms with E-state index in [-0.39, 0.29) is 11.9 Å². The van der Waals surface area contributed by atoms with Crippen molar-refractivity contribution in [1.82, 2.24) is 4.98 Å². The Morgan fingerprint density at radius 3 is 3.27 bits per heavy atom. The summed E-state index contributed by atoms with van der Waals surface area (Å²) >= 11 is 0. The number of carbonyl (C=O) groups excluding carboxylic acids is 1. The summed E-state index contributed by atoms with van der Waals surface area (Å²) in [6.45, 7) is 2.86. The quantitative estimate of drug-likeness (QED) is 0.724. The van der Waals surface area contributed by atoms with E-state index in [9.17, 15) is 4.79 Å². The molecule has 0 saturated carbocycles. The molecule has 0 spiro atoms. The molecular weight excluding hydrogens is 192 g/mol. The molecule has 1 amide bonds. The molecule has 1 aromatic rings. The third kappa shape index (κ3) is 1.78. The molecule has 0 radical (unpaired) electrons. The highest BCUT2D eigenvalue weighted by Gasteiger charge is 2.24. The summed E-state index contributed by atoms with van der Waals surface area (Å²) in [6.07, 6.45) is 3.41. The van der Waals surface area contributed by atoms with Gasteiger partial charge in [-0.3, -0.25) is 9.78 Å². The molecule has 1 atom stereocenters. The third-order valence-electron chi connectivity index (χ3n) is 2.57. The Morgan fingerprint density at radius 1 is 1.73 bits per heavy atom. The van der Waals surface area contributed by atoms with E-state index in [0.717, 1.165) is 11.4 Å². The zero-order valence-electron chi connectivity index (χ0n) is 8.60. The van der Waals surface area contributed by atoms with Gasteiger partial charge < -0.3 is 16.0 Å². The van der Waals surface area contributed by atoms with Crippen LogP contribution in [-0.2, 0) is 4.79 Å². The maximum Gasteiger partial charge on any atom is 0.243 e. The highest BCUT2D eigenvalue weighted by atomic mass is 16.2. The number of nitrogens with two attached hydrogens (primary N) is 1. The predicted molar refractivity (Wildman–Crippen MR) is 58.7 cm³/mol. The molecular formula is C10H14N4O. The van der Waals surface area contributed by atoms with Crippen LogP contribution >= 0.6 is 0 Å². The first-order valence-corrected chi connectivity index (χ1v) is 4.93. The number of hydrogen-bond acceptors (Lipinski definition) is 4. The smallest absolute Gasteiger partial charge is 0.243 e. The minimum atomic E-state index is -0.00556. The van der Waals surface area contributed by atoms with Crippen LogP contribution in [-0.4, -0.2) is 30.0 Å². The van der Waals surface area contributed by atoms with Crippen LogP contribution in [0.25, 0.3) is 0 Å². The van der Waals surface area contributed by atoms with E-state index in [1.165, 1.54) is 0 Å². The maximum atomic E-state index is 11.4. The van der Waals surface area contributed by atoms with Crippen molar-refractivity contribution >= 4 is 17.3 Å². The van der Waals surface area contributed by atoms with E-state index >= 15 is 0 Å². The summed E-state index contributed by atoms with van der Waals surface area (Å²) in [5.74, 6) is -0.00556. The number of amides is 1. The number of hydrogen-bond donors (Lipinski definition) is 2. The second-order valence-corrected chi connectivity index (χ2v) is 3.65. The third-order valence-corrected chi connectivity index (χ3v) is 2.57. The number of nitrogens with one attached hydrogen (secondary N) is 1. The number of carbonyl (C=O) groups is 1. The molecule has 2 rings (SSSR count). The van der Waals surface area contributed by atoms with Crippen LogP contribution in [0.5, 0.6) is 0 Å². The van der Waals surface area contributed by atoms with E-state index in [1.54, 1.807) is 18.5 Å². The van der Waals surface area contributed by atoms with Crippen LogP contribution in [0.1, 0.15) is 6.92 Å². The first-order valence-electron chi connectivity index (χ1n) is 4.93. The molecule has 1 unspecified atom stereocenters. The van der Waals surface area contributed by atoms with Gasteiger partial charge in [0, 0.05) is 18.8 Å². The van der Waals surface area contributed by atoms with Gasteiger partial charge in [-0.1, -0.05) is 0 Å². The van der Waals surface area contributed by atoms with Crippen molar-refractivity contribution in [2.75, 3.05) is 23.3 Å². The molecule has 3 N–H and O–H groups in total. The highest BCUT2D eigenvalue weighted by molar-refractivity contribution is 6.00. The average Bonchev–Trinajstić information content (AvgIpc) is 2.26. The summed E-state index contributed by atoms with van der Waals surface area (Å²) < 4.78 is 0. The fourth-order valence-corrected chi connectivity index (χ4v) is 1.67. The lowest BCUT2D eigenvalue weighted by atomic mass is 10.2. The SMILES string of the molecule is CC(CN)N1CC(=O)Nc2ccncc21. The summed E-state index contributed by atoms with van der Waals surface area (Å²) in [5.41, 5.74) is 7.36. The zero-order valence-corrected chi connectivity index (χ0v) is 8.60. The van der Waals surface area contributed by atoms with Crippen molar-refractivity contribution in [1.29, 1.82) is 0 Å². The predicted octanol–water partition coefficient (Wildman–Crippen LogP) is 0.187. The van der Waals surface area contributed by atoms with E-state index in [0.29, 0.717) is 13.1 Å². The van der Waals surface area contributed by atoms with Crippen molar-refractivity contribution in [3.05, 3.63) is 18.5 Å². The largest absolute Gasteiger partial charge is 0.355 e. The van der Waals surface area contributed by atoms with Crippen LogP contribution in [0, 0.1) is 0 Å². The lowest BCUT2D eigenvalue weighted by Gasteiger charge is -2.34. The summed E-state index contributed by atoms with van der Waals surface area (Å²) in [5, 5.41) is 2.81. The highest BCUT2D eigenvalue weighted by Crippen LogP contribution is 2.28. The Bertz CT molecular complexity index is 379. The van der Waals surface area contributed by atoms with Crippen LogP contribution in [0.3, 0.4) is 0 Å². The first-order chi connectivity index (χ1) is 7.22. The van der Waals surface area contributed by atoms with Crippen molar-refractivity contribution in [3.8, 4) is 0 Å². The number of pyridine rings is 1. The summed E-state index contributed by atoms with van der Waals surface area (Å²) in [4.78, 5) is 17.5. The Hall–Kier alpha value is -1.62. The molecule has 80 valence electrons. The standard InChI is InChI=1S/C10H14N4O/c1-7(4-11)14-6-10(15)13-8-2-3-12-5-9(8)14/h2-3,5,7H,4,6,11H2,1H3,(H,13,15). The normalized spacial score (nSPS) is 16.9. The fraction of sp³-hybridized carbons (Fsp3) is 0.400. The van der Waals surface area contributed by atoms with Gasteiger partial charge in [0.2, 0.25) is 5.91 Å². The van der Waals surface area contributed by atoms with E-state index in [4.69, 9.17) is 5.73 Å². The van der Waals surface area contributed by atoms with Crippen molar-refractivity contribution in [3.63, 3.8) is 0 Å². The molecule has 1 aromatic heterocycles. The lowest BCUT2D eigenvalue weighted by Crippen LogP contribution is -2.46. The van der Waals surface area contributed by atoms with Gasteiger partial charge in [0.1, 0.15) is 0 Å². The molecule has 0 fully saturated rings. The number of rotatable bonds is 2. The van der Waals surface area contributed by atoms with Gasteiger partial charge in [-0.25, -0.2) is 0 Å². The molecule has 0 aromatic carbocycles. The van der Waals surface area contributed by atoms with E-state index in [1.807, 2.05) is 11.8 Å². The van der Waals surface area contributed by atoms with Gasteiger partial charge in [0.05, 0.1) is 24.1 Å². The number of nitrogens with zero attached hydrogens (tertiary/aromatic N) is 2. The molecule has 0 saturated heterocycles. The van der Waals surface area contributed by atoms with Crippen LogP contribution in [0.2, 0.25) is 0 Å². The lowest BCUT2D eigenvalue weighted by molar-refractivity contribution is -0.115. The van der Waals surface area contributed by atoms with E-state index in [2.05, 4.69) is 10.3 Å². The minimum absolute atomic E-state index is 0.00556. The number of anilines is 2. The fourth-order valence-electron chi connectivity index (χ4n) is 1.67. The molecule has 5 heteroatoms. The Kier molecular flexibility index (Phi) is 2.55. The second-order valence-electron chi connectivity index (χ2n) is 3.65. The molecule has 2 heterocycles. The Balaban J connectivity index is 2.38. The molecule has 5 nitrogen and oxygen atoms in total. The number of fused-ring (bicyclic) bond motifs is 1. The van der Waals surface area contributed by atoms with Crippen molar-refractivity contribution < 1.29 is 4.79 Å². The van der Waals surface area contributed by atoms with Crippen LogP contribution in [0.4, 0.5) is 11.4 Å². The van der Waals surface area contributed by atoms with Gasteiger partial charge in [-0.2, -0.15) is 0 Å². The average molecular weight is 206 g/mol. The van der Waals surface area contributed by atoms with Gasteiger partial charge >= 0.3 is 0 Å². The molecule has 0 bridgehead atoms. The van der Waals surface area contributed by atoms with Gasteiger partial charge in [-0.05, 0) is 13.0 Å². The second kappa shape index (κ2) is 3.86. The van der Waals surface area contributed by atoms with Crippen LogP contribution in [0.15, 0.2) is 18.5 Å². The summed E-state index contributed by atoms with van der Waals surface area (Å²) in [7, 11) is 0. The summed E-state index contributed by atoms with van der Waals surface area (Å²) in [6, 6.07) is 1.93. The Morgan fingerprint density at radius 2 is 2.53 bits per heavy atom. The molecule has 0 aliphatic carbocycles. The monoisotopic (exact) mass is 206 g/mol. The first kappa shape index (κ1) is 9.92. The van der Waals surface area contributed by atoms with Crippen LogP contribution < -0.4 is 16.0 Å². The van der Waals surface area contributed by atoms with E-state index < -0.39 is 0 Å². The van der Waals surface area contributed by atoms with Gasteiger partial charge in [-0.15, -0.1) is 0 Å². The molecule has 1 aliphatic rings. The Labute approximate surface area is 88.3 Å². The topological polar surface area (TPSA) is 71.2 Å². The van der Waals surface area contributed by atoms with Crippen molar-refractivity contribution in [2.24, 2.45) is 5.73 Å². The number of aromatic nitrogens is 1. The zero-order chi connectivity index (χ0) is 10.8. The van der Waals surface area contributed by atoms with Crippen molar-refractivity contribution in [2.45, 2.75) is 13.0 Å².